The first-order valence-corrected chi connectivity index (χ1v) is 7.82. The second-order valence-electron chi connectivity index (χ2n) is 5.38. The first-order valence-electron chi connectivity index (χ1n) is 7.44. The Labute approximate surface area is 139 Å². The van der Waals surface area contributed by atoms with Crippen LogP contribution in [-0.4, -0.2) is 23.9 Å². The van der Waals surface area contributed by atoms with Gasteiger partial charge in [-0.2, -0.15) is 5.26 Å². The van der Waals surface area contributed by atoms with Crippen LogP contribution in [-0.2, 0) is 4.79 Å². The highest BCUT2D eigenvalue weighted by atomic mass is 35.5. The van der Waals surface area contributed by atoms with Gasteiger partial charge in [-0.15, -0.1) is 0 Å². The van der Waals surface area contributed by atoms with Gasteiger partial charge in [-0.1, -0.05) is 11.6 Å². The summed E-state index contributed by atoms with van der Waals surface area (Å²) in [5.74, 6) is 0.923. The summed E-state index contributed by atoms with van der Waals surface area (Å²) >= 11 is 5.87. The van der Waals surface area contributed by atoms with E-state index in [1.165, 1.54) is 6.08 Å². The monoisotopic (exact) mass is 326 g/mol. The summed E-state index contributed by atoms with van der Waals surface area (Å²) in [7, 11) is 0. The molecule has 5 heteroatoms. The molecule has 116 valence electrons. The van der Waals surface area contributed by atoms with E-state index >= 15 is 0 Å². The highest BCUT2D eigenvalue weighted by molar-refractivity contribution is 6.30. The van der Waals surface area contributed by atoms with Crippen LogP contribution in [0.15, 0.2) is 46.4 Å². The molecule has 1 aliphatic rings. The van der Waals surface area contributed by atoms with Crippen molar-refractivity contribution in [1.29, 1.82) is 5.26 Å². The molecule has 2 aromatic rings. The quantitative estimate of drug-likeness (QED) is 0.629. The molecule has 2 heterocycles. The van der Waals surface area contributed by atoms with Crippen LogP contribution in [0.1, 0.15) is 18.6 Å². The fourth-order valence-electron chi connectivity index (χ4n) is 2.57. The zero-order valence-corrected chi connectivity index (χ0v) is 13.2. The van der Waals surface area contributed by atoms with Gasteiger partial charge in [-0.25, -0.2) is 0 Å². The Morgan fingerprint density at radius 2 is 1.87 bits per heavy atom. The lowest BCUT2D eigenvalue weighted by atomic mass is 10.2. The summed E-state index contributed by atoms with van der Waals surface area (Å²) in [6.07, 6.45) is 3.48. The van der Waals surface area contributed by atoms with Gasteiger partial charge in [-0.3, -0.25) is 4.79 Å². The minimum atomic E-state index is -0.227. The van der Waals surface area contributed by atoms with E-state index in [-0.39, 0.29) is 11.5 Å². The van der Waals surface area contributed by atoms with Crippen LogP contribution in [0.3, 0.4) is 0 Å². The average molecular weight is 327 g/mol. The van der Waals surface area contributed by atoms with Gasteiger partial charge in [0, 0.05) is 29.8 Å². The predicted molar refractivity (Wildman–Crippen MR) is 88.6 cm³/mol. The van der Waals surface area contributed by atoms with Gasteiger partial charge >= 0.3 is 0 Å². The van der Waals surface area contributed by atoms with Crippen molar-refractivity contribution in [3.63, 3.8) is 0 Å². The van der Waals surface area contributed by atoms with Crippen LogP contribution >= 0.6 is 11.6 Å². The van der Waals surface area contributed by atoms with Crippen molar-refractivity contribution in [2.45, 2.75) is 12.8 Å². The molecular formula is C18H15ClN2O2. The molecule has 0 saturated carbocycles. The maximum absolute atomic E-state index is 12.3. The maximum Gasteiger partial charge on any atom is 0.264 e. The van der Waals surface area contributed by atoms with E-state index in [1.807, 2.05) is 24.3 Å². The lowest BCUT2D eigenvalue weighted by Crippen LogP contribution is -2.28. The number of benzene rings is 1. The number of nitriles is 1. The van der Waals surface area contributed by atoms with Gasteiger partial charge in [-0.05, 0) is 49.2 Å². The molecule has 1 aromatic heterocycles. The molecule has 0 N–H and O–H groups in total. The third-order valence-electron chi connectivity index (χ3n) is 3.79. The Bertz CT molecular complexity index is 778. The van der Waals surface area contributed by atoms with Gasteiger partial charge in [0.25, 0.3) is 5.91 Å². The normalized spacial score (nSPS) is 14.8. The Hall–Kier alpha value is -2.51. The van der Waals surface area contributed by atoms with Crippen LogP contribution < -0.4 is 0 Å². The second-order valence-corrected chi connectivity index (χ2v) is 5.81. The van der Waals surface area contributed by atoms with Crippen LogP contribution in [0.5, 0.6) is 0 Å². The smallest absolute Gasteiger partial charge is 0.264 e. The highest BCUT2D eigenvalue weighted by Gasteiger charge is 2.21. The van der Waals surface area contributed by atoms with E-state index in [4.69, 9.17) is 16.0 Å². The van der Waals surface area contributed by atoms with Gasteiger partial charge in [0.2, 0.25) is 0 Å². The van der Waals surface area contributed by atoms with Crippen molar-refractivity contribution in [3.05, 3.63) is 52.8 Å². The number of hydrogen-bond acceptors (Lipinski definition) is 3. The number of nitrogens with zero attached hydrogens (tertiary/aromatic N) is 2. The zero-order chi connectivity index (χ0) is 16.2. The summed E-state index contributed by atoms with van der Waals surface area (Å²) in [6, 6.07) is 12.8. The van der Waals surface area contributed by atoms with Crippen LogP contribution in [0.25, 0.3) is 17.4 Å². The van der Waals surface area contributed by atoms with Gasteiger partial charge in [0.05, 0.1) is 0 Å². The number of likely N-dealkylation sites (tertiary alicyclic amines) is 1. The Kier molecular flexibility index (Phi) is 4.50. The first kappa shape index (κ1) is 15.4. The highest BCUT2D eigenvalue weighted by Crippen LogP contribution is 2.25. The van der Waals surface area contributed by atoms with Crippen LogP contribution in [0, 0.1) is 11.3 Å². The second kappa shape index (κ2) is 6.72. The molecule has 4 nitrogen and oxygen atoms in total. The van der Waals surface area contributed by atoms with Crippen molar-refractivity contribution >= 4 is 23.6 Å². The number of hydrogen-bond donors (Lipinski definition) is 0. The van der Waals surface area contributed by atoms with E-state index in [9.17, 15) is 10.1 Å². The average Bonchev–Trinajstić information content (AvgIpc) is 3.24. The molecule has 1 fully saturated rings. The van der Waals surface area contributed by atoms with Gasteiger partial charge in [0.15, 0.2) is 0 Å². The lowest BCUT2D eigenvalue weighted by molar-refractivity contribution is -0.125. The molecule has 0 spiro atoms. The van der Waals surface area contributed by atoms with E-state index in [0.717, 1.165) is 18.4 Å². The topological polar surface area (TPSA) is 57.2 Å². The van der Waals surface area contributed by atoms with Crippen molar-refractivity contribution in [2.24, 2.45) is 0 Å². The largest absolute Gasteiger partial charge is 0.457 e. The summed E-state index contributed by atoms with van der Waals surface area (Å²) in [5, 5.41) is 9.91. The molecule has 1 amide bonds. The third kappa shape index (κ3) is 3.46. The van der Waals surface area contributed by atoms with Crippen LogP contribution in [0.4, 0.5) is 0 Å². The summed E-state index contributed by atoms with van der Waals surface area (Å²) in [4.78, 5) is 14.0. The number of furan rings is 1. The molecule has 0 radical (unpaired) electrons. The molecule has 0 atom stereocenters. The summed E-state index contributed by atoms with van der Waals surface area (Å²) in [6.45, 7) is 1.43. The number of amides is 1. The number of carbonyl (C=O) groups is 1. The fraction of sp³-hybridized carbons (Fsp3) is 0.222. The molecular weight excluding hydrogens is 312 g/mol. The van der Waals surface area contributed by atoms with E-state index < -0.39 is 0 Å². The molecule has 0 aliphatic carbocycles. The van der Waals surface area contributed by atoms with Crippen LogP contribution in [0.2, 0.25) is 5.02 Å². The molecule has 1 aromatic carbocycles. The Morgan fingerprint density at radius 3 is 2.52 bits per heavy atom. The van der Waals surface area contributed by atoms with E-state index in [0.29, 0.717) is 29.6 Å². The molecule has 0 bridgehead atoms. The molecule has 1 aliphatic heterocycles. The first-order chi connectivity index (χ1) is 11.2. The van der Waals surface area contributed by atoms with Gasteiger partial charge < -0.3 is 9.32 Å². The summed E-state index contributed by atoms with van der Waals surface area (Å²) < 4.78 is 5.71. The molecule has 0 unspecified atom stereocenters. The Morgan fingerprint density at radius 1 is 1.17 bits per heavy atom. The van der Waals surface area contributed by atoms with Crippen molar-refractivity contribution < 1.29 is 9.21 Å². The number of carbonyl (C=O) groups excluding carboxylic acids is 1. The number of rotatable bonds is 3. The van der Waals surface area contributed by atoms with Crippen molar-refractivity contribution in [2.75, 3.05) is 13.1 Å². The van der Waals surface area contributed by atoms with Crippen molar-refractivity contribution in [1.82, 2.24) is 4.90 Å². The molecule has 1 saturated heterocycles. The molecule has 23 heavy (non-hydrogen) atoms. The SMILES string of the molecule is N#C/C(=C\c1ccc(-c2ccc(Cl)cc2)o1)C(=O)N1CCCC1. The minimum Gasteiger partial charge on any atom is -0.457 e. The number of halogens is 1. The fourth-order valence-corrected chi connectivity index (χ4v) is 2.70. The van der Waals surface area contributed by atoms with Gasteiger partial charge in [0.1, 0.15) is 23.2 Å². The minimum absolute atomic E-state index is 0.101. The standard InChI is InChI=1S/C18H15ClN2O2/c19-15-5-3-13(4-6-15)17-8-7-16(23-17)11-14(12-20)18(22)21-9-1-2-10-21/h3-8,11H,1-2,9-10H2/b14-11+. The Balaban J connectivity index is 1.82. The third-order valence-corrected chi connectivity index (χ3v) is 4.04. The van der Waals surface area contributed by atoms with E-state index in [2.05, 4.69) is 0 Å². The summed E-state index contributed by atoms with van der Waals surface area (Å²) in [5.41, 5.74) is 0.988. The lowest BCUT2D eigenvalue weighted by Gasteiger charge is -2.13. The van der Waals surface area contributed by atoms with E-state index in [1.54, 1.807) is 23.1 Å². The van der Waals surface area contributed by atoms with Crippen molar-refractivity contribution in [3.8, 4) is 17.4 Å². The predicted octanol–water partition coefficient (Wildman–Crippen LogP) is 4.13. The zero-order valence-electron chi connectivity index (χ0n) is 12.5. The molecule has 3 rings (SSSR count). The maximum atomic E-state index is 12.3.